The van der Waals surface area contributed by atoms with Crippen LogP contribution in [0.3, 0.4) is 0 Å². The molecule has 1 aliphatic rings. The van der Waals surface area contributed by atoms with E-state index in [9.17, 15) is 16.8 Å². The van der Waals surface area contributed by atoms with Crippen LogP contribution in [0, 0.1) is 6.92 Å². The standard InChI is InChI=1S/C25H25ClN4O6S2/c1-17-28-22-9-8-20(15-23(22)36-17)37(31,32)29-13-11-18(12-14-29)30(25-10-7-19(35-2)16-27-25)38(33,34)24-6-4-3-5-21(24)26/h3-10,15-16,18H,11-14H2,1-2H3. The minimum Gasteiger partial charge on any atom is -0.495 e. The van der Waals surface area contributed by atoms with Gasteiger partial charge in [0.2, 0.25) is 10.0 Å². The van der Waals surface area contributed by atoms with Crippen molar-refractivity contribution in [3.63, 3.8) is 0 Å². The Morgan fingerprint density at radius 2 is 1.79 bits per heavy atom. The Hall–Kier alpha value is -3.19. The lowest BCUT2D eigenvalue weighted by atomic mass is 10.1. The first kappa shape index (κ1) is 26.4. The van der Waals surface area contributed by atoms with Crippen LogP contribution in [0.25, 0.3) is 11.1 Å². The number of rotatable bonds is 7. The largest absolute Gasteiger partial charge is 0.495 e. The zero-order valence-electron chi connectivity index (χ0n) is 20.6. The molecule has 200 valence electrons. The van der Waals surface area contributed by atoms with E-state index in [2.05, 4.69) is 9.97 Å². The van der Waals surface area contributed by atoms with Crippen molar-refractivity contribution in [2.45, 2.75) is 35.6 Å². The SMILES string of the molecule is COc1ccc(N(C2CCN(S(=O)(=O)c3ccc4nc(C)oc4c3)CC2)S(=O)(=O)c2ccccc2Cl)nc1. The first-order valence-electron chi connectivity index (χ1n) is 11.8. The van der Waals surface area contributed by atoms with Gasteiger partial charge in [-0.2, -0.15) is 4.31 Å². The summed E-state index contributed by atoms with van der Waals surface area (Å²) in [5.41, 5.74) is 0.966. The number of hydrogen-bond donors (Lipinski definition) is 0. The molecule has 3 heterocycles. The molecule has 0 saturated carbocycles. The van der Waals surface area contributed by atoms with Crippen molar-refractivity contribution >= 4 is 48.6 Å². The van der Waals surface area contributed by atoms with Crippen LogP contribution < -0.4 is 9.04 Å². The van der Waals surface area contributed by atoms with Gasteiger partial charge < -0.3 is 9.15 Å². The monoisotopic (exact) mass is 576 g/mol. The molecule has 0 radical (unpaired) electrons. The van der Waals surface area contributed by atoms with Crippen LogP contribution >= 0.6 is 11.6 Å². The summed E-state index contributed by atoms with van der Waals surface area (Å²) in [5, 5.41) is 0.0871. The first-order chi connectivity index (χ1) is 18.1. The summed E-state index contributed by atoms with van der Waals surface area (Å²) in [6.07, 6.45) is 1.94. The number of ether oxygens (including phenoxy) is 1. The van der Waals surface area contributed by atoms with Crippen molar-refractivity contribution in [3.8, 4) is 5.75 Å². The van der Waals surface area contributed by atoms with Gasteiger partial charge in [0.25, 0.3) is 10.0 Å². The molecule has 0 aliphatic carbocycles. The molecule has 5 rings (SSSR count). The van der Waals surface area contributed by atoms with E-state index in [1.807, 2.05) is 0 Å². The third kappa shape index (κ3) is 4.84. The van der Waals surface area contributed by atoms with Gasteiger partial charge in [-0.15, -0.1) is 0 Å². The summed E-state index contributed by atoms with van der Waals surface area (Å²) in [5.74, 6) is 1.11. The average Bonchev–Trinajstić information content (AvgIpc) is 3.29. The lowest BCUT2D eigenvalue weighted by Gasteiger charge is -2.38. The molecular formula is C25H25ClN4O6S2. The second-order valence-corrected chi connectivity index (χ2v) is 12.9. The maximum atomic E-state index is 13.9. The Kier molecular flexibility index (Phi) is 7.07. The topological polar surface area (TPSA) is 123 Å². The van der Waals surface area contributed by atoms with Crippen LogP contribution in [-0.4, -0.2) is 57.3 Å². The van der Waals surface area contributed by atoms with Crippen LogP contribution in [0.2, 0.25) is 5.02 Å². The summed E-state index contributed by atoms with van der Waals surface area (Å²) in [6, 6.07) is 13.4. The van der Waals surface area contributed by atoms with Crippen molar-refractivity contribution in [3.05, 3.63) is 71.7 Å². The highest BCUT2D eigenvalue weighted by atomic mass is 35.5. The summed E-state index contributed by atoms with van der Waals surface area (Å²) < 4.78 is 67.8. The van der Waals surface area contributed by atoms with Crippen LogP contribution in [0.15, 0.2) is 75.0 Å². The van der Waals surface area contributed by atoms with E-state index in [1.54, 1.807) is 37.3 Å². The van der Waals surface area contributed by atoms with Gasteiger partial charge >= 0.3 is 0 Å². The fourth-order valence-electron chi connectivity index (χ4n) is 4.54. The molecule has 0 spiro atoms. The maximum Gasteiger partial charge on any atom is 0.267 e. The van der Waals surface area contributed by atoms with Crippen LogP contribution in [0.4, 0.5) is 5.82 Å². The van der Waals surface area contributed by atoms with Gasteiger partial charge in [0.05, 0.1) is 23.2 Å². The van der Waals surface area contributed by atoms with Gasteiger partial charge in [0.15, 0.2) is 11.5 Å². The summed E-state index contributed by atoms with van der Waals surface area (Å²) in [6.45, 7) is 1.93. The molecule has 38 heavy (non-hydrogen) atoms. The van der Waals surface area contributed by atoms with Crippen molar-refractivity contribution in [1.29, 1.82) is 0 Å². The molecule has 0 atom stereocenters. The number of halogens is 1. The van der Waals surface area contributed by atoms with Crippen molar-refractivity contribution < 1.29 is 26.0 Å². The van der Waals surface area contributed by atoms with Crippen molar-refractivity contribution in [1.82, 2.24) is 14.3 Å². The predicted molar refractivity (Wildman–Crippen MR) is 142 cm³/mol. The minimum atomic E-state index is -4.12. The van der Waals surface area contributed by atoms with Gasteiger partial charge in [-0.25, -0.2) is 31.1 Å². The molecule has 0 unspecified atom stereocenters. The number of sulfonamides is 2. The Balaban J connectivity index is 1.44. The second kappa shape index (κ2) is 10.2. The van der Waals surface area contributed by atoms with Crippen LogP contribution in [0.1, 0.15) is 18.7 Å². The molecule has 1 aliphatic heterocycles. The van der Waals surface area contributed by atoms with Gasteiger partial charge in [-0.3, -0.25) is 0 Å². The lowest BCUT2D eigenvalue weighted by molar-refractivity contribution is 0.320. The minimum absolute atomic E-state index is 0.0509. The van der Waals surface area contributed by atoms with E-state index in [-0.39, 0.29) is 46.6 Å². The van der Waals surface area contributed by atoms with E-state index in [4.69, 9.17) is 20.8 Å². The third-order valence-electron chi connectivity index (χ3n) is 6.42. The molecule has 10 nitrogen and oxygen atoms in total. The number of piperidine rings is 1. The second-order valence-electron chi connectivity index (χ2n) is 8.79. The van der Waals surface area contributed by atoms with E-state index >= 15 is 0 Å². The third-order valence-corrected chi connectivity index (χ3v) is 10.7. The number of nitrogens with zero attached hydrogens (tertiary/aromatic N) is 4. The van der Waals surface area contributed by atoms with Crippen molar-refractivity contribution in [2.75, 3.05) is 24.5 Å². The van der Waals surface area contributed by atoms with E-state index in [0.717, 1.165) is 0 Å². The fourth-order valence-corrected chi connectivity index (χ4v) is 8.19. The molecule has 4 aromatic rings. The Morgan fingerprint density at radius 3 is 2.45 bits per heavy atom. The highest BCUT2D eigenvalue weighted by Crippen LogP contribution is 2.34. The van der Waals surface area contributed by atoms with E-state index < -0.39 is 26.1 Å². The normalized spacial score (nSPS) is 15.6. The summed E-state index contributed by atoms with van der Waals surface area (Å²) >= 11 is 6.27. The predicted octanol–water partition coefficient (Wildman–Crippen LogP) is 4.24. The van der Waals surface area contributed by atoms with E-state index in [0.29, 0.717) is 22.7 Å². The first-order valence-corrected chi connectivity index (χ1v) is 15.0. The van der Waals surface area contributed by atoms with E-state index in [1.165, 1.54) is 46.2 Å². The smallest absolute Gasteiger partial charge is 0.267 e. The Morgan fingerprint density at radius 1 is 1.05 bits per heavy atom. The number of hydrogen-bond acceptors (Lipinski definition) is 8. The van der Waals surface area contributed by atoms with Crippen LogP contribution in [0.5, 0.6) is 5.75 Å². The number of methoxy groups -OCH3 is 1. The molecule has 13 heteroatoms. The highest BCUT2D eigenvalue weighted by Gasteiger charge is 2.38. The number of aryl methyl sites for hydroxylation is 1. The number of benzene rings is 2. The summed E-state index contributed by atoms with van der Waals surface area (Å²) in [4.78, 5) is 8.58. The molecule has 0 N–H and O–H groups in total. The Bertz CT molecular complexity index is 1680. The molecule has 2 aromatic carbocycles. The number of fused-ring (bicyclic) bond motifs is 1. The molecular weight excluding hydrogens is 552 g/mol. The maximum absolute atomic E-state index is 13.9. The average molecular weight is 577 g/mol. The molecule has 0 amide bonds. The molecule has 1 fully saturated rings. The number of anilines is 1. The summed E-state index contributed by atoms with van der Waals surface area (Å²) in [7, 11) is -6.46. The number of pyridine rings is 1. The fraction of sp³-hybridized carbons (Fsp3) is 0.280. The molecule has 1 saturated heterocycles. The lowest BCUT2D eigenvalue weighted by Crippen LogP contribution is -2.49. The number of oxazole rings is 1. The zero-order valence-corrected chi connectivity index (χ0v) is 23.0. The van der Waals surface area contributed by atoms with Gasteiger partial charge in [-0.1, -0.05) is 23.7 Å². The van der Waals surface area contributed by atoms with Crippen molar-refractivity contribution in [2.24, 2.45) is 0 Å². The number of aromatic nitrogens is 2. The van der Waals surface area contributed by atoms with Gasteiger partial charge in [-0.05, 0) is 49.2 Å². The van der Waals surface area contributed by atoms with Gasteiger partial charge in [0, 0.05) is 32.1 Å². The zero-order chi connectivity index (χ0) is 27.1. The van der Waals surface area contributed by atoms with Crippen LogP contribution in [-0.2, 0) is 20.0 Å². The molecule has 2 aromatic heterocycles. The highest BCUT2D eigenvalue weighted by molar-refractivity contribution is 7.93. The quantitative estimate of drug-likeness (QED) is 0.320. The Labute approximate surface area is 225 Å². The molecule has 0 bridgehead atoms. The van der Waals surface area contributed by atoms with Gasteiger partial charge in [0.1, 0.15) is 22.0 Å².